The number of aromatic nitrogens is 2. The van der Waals surface area contributed by atoms with Crippen molar-refractivity contribution in [1.29, 1.82) is 0 Å². The molecule has 2 aromatic carbocycles. The second kappa shape index (κ2) is 11.2. The Hall–Kier alpha value is -2.98. The summed E-state index contributed by atoms with van der Waals surface area (Å²) in [5, 5.41) is 2.41. The number of morpholine rings is 1. The van der Waals surface area contributed by atoms with E-state index in [1.165, 1.54) is 10.4 Å². The van der Waals surface area contributed by atoms with E-state index in [1.54, 1.807) is 11.0 Å². The molecule has 0 bridgehead atoms. The predicted octanol–water partition coefficient (Wildman–Crippen LogP) is 4.26. The molecule has 3 heterocycles. The molecule has 10 heteroatoms. The molecule has 0 unspecified atom stereocenters. The molecule has 0 N–H and O–H groups in total. The molecule has 8 nitrogen and oxygen atoms in total. The lowest BCUT2D eigenvalue weighted by Crippen LogP contribution is -2.67. The van der Waals surface area contributed by atoms with E-state index in [-0.39, 0.29) is 16.8 Å². The summed E-state index contributed by atoms with van der Waals surface area (Å²) in [6.45, 7) is 11.3. The number of nitrogens with zero attached hydrogens (tertiary/aromatic N) is 4. The van der Waals surface area contributed by atoms with Gasteiger partial charge in [-0.1, -0.05) is 93.0 Å². The quantitative estimate of drug-likeness (QED) is 0.312. The van der Waals surface area contributed by atoms with Crippen LogP contribution in [0.2, 0.25) is 10.2 Å². The van der Waals surface area contributed by atoms with Crippen LogP contribution in [0.1, 0.15) is 27.7 Å². The average molecular weight is 567 g/mol. The SMILES string of the molecule is C[C@H]1OC(=O)N(c2cc(Cl)nc(N3CCOCC3)n2)[C@H]1CO[Si](c1ccccc1)(c1ccccc1)C(C)(C)C. The van der Waals surface area contributed by atoms with Gasteiger partial charge in [-0.2, -0.15) is 4.98 Å². The van der Waals surface area contributed by atoms with Crippen molar-refractivity contribution in [2.45, 2.75) is 44.9 Å². The summed E-state index contributed by atoms with van der Waals surface area (Å²) in [5.41, 5.74) is 0. The maximum absolute atomic E-state index is 13.2. The van der Waals surface area contributed by atoms with E-state index in [1.807, 2.05) is 24.0 Å². The molecule has 0 saturated carbocycles. The van der Waals surface area contributed by atoms with Crippen LogP contribution in [0.15, 0.2) is 66.7 Å². The number of rotatable bonds is 7. The number of hydrogen-bond acceptors (Lipinski definition) is 7. The zero-order valence-electron chi connectivity index (χ0n) is 22.8. The molecule has 2 aliphatic heterocycles. The van der Waals surface area contributed by atoms with Crippen LogP contribution in [0, 0.1) is 0 Å². The number of halogens is 1. The third kappa shape index (κ3) is 5.41. The summed E-state index contributed by atoms with van der Waals surface area (Å²) in [6.07, 6.45) is -0.877. The standard InChI is InChI=1S/C29H35ClN4O4Si/c1-21-24(34(28(35)38-21)26-19-25(30)31-27(32-26)33-15-17-36-18-16-33)20-37-39(29(2,3)4,22-11-7-5-8-12-22)23-13-9-6-10-14-23/h5-14,19,21,24H,15-18,20H2,1-4H3/t21-,24+/m1/s1. The van der Waals surface area contributed by atoms with Crippen LogP contribution in [0.25, 0.3) is 0 Å². The van der Waals surface area contributed by atoms with Crippen molar-refractivity contribution < 1.29 is 18.7 Å². The summed E-state index contributed by atoms with van der Waals surface area (Å²) in [6, 6.07) is 22.1. The van der Waals surface area contributed by atoms with Gasteiger partial charge in [0, 0.05) is 19.2 Å². The minimum Gasteiger partial charge on any atom is -0.444 e. The van der Waals surface area contributed by atoms with Gasteiger partial charge in [0.1, 0.15) is 23.1 Å². The molecule has 0 aliphatic carbocycles. The van der Waals surface area contributed by atoms with Crippen LogP contribution >= 0.6 is 11.6 Å². The molecular formula is C29H35ClN4O4Si. The molecule has 1 aromatic heterocycles. The molecule has 1 amide bonds. The highest BCUT2D eigenvalue weighted by molar-refractivity contribution is 6.99. The molecule has 2 saturated heterocycles. The Bertz CT molecular complexity index is 1250. The molecule has 5 rings (SSSR count). The maximum atomic E-state index is 13.2. The molecule has 206 valence electrons. The molecular weight excluding hydrogens is 532 g/mol. The molecule has 2 atom stereocenters. The van der Waals surface area contributed by atoms with Gasteiger partial charge in [0.15, 0.2) is 0 Å². The molecule has 0 radical (unpaired) electrons. The number of carbonyl (C=O) groups excluding carboxylic acids is 1. The highest BCUT2D eigenvalue weighted by Gasteiger charge is 2.52. The van der Waals surface area contributed by atoms with Crippen LogP contribution in [-0.4, -0.2) is 69.4 Å². The number of carbonyl (C=O) groups is 1. The molecule has 3 aromatic rings. The number of cyclic esters (lactones) is 1. The smallest absolute Gasteiger partial charge is 0.416 e. The van der Waals surface area contributed by atoms with Gasteiger partial charge in [-0.15, -0.1) is 0 Å². The first-order valence-electron chi connectivity index (χ1n) is 13.3. The van der Waals surface area contributed by atoms with Crippen molar-refractivity contribution in [3.8, 4) is 0 Å². The van der Waals surface area contributed by atoms with Crippen molar-refractivity contribution in [1.82, 2.24) is 9.97 Å². The largest absolute Gasteiger partial charge is 0.444 e. The highest BCUT2D eigenvalue weighted by atomic mass is 35.5. The highest BCUT2D eigenvalue weighted by Crippen LogP contribution is 2.38. The monoisotopic (exact) mass is 566 g/mol. The normalized spacial score (nSPS) is 20.3. The zero-order chi connectivity index (χ0) is 27.6. The van der Waals surface area contributed by atoms with E-state index in [0.717, 1.165) is 0 Å². The Balaban J connectivity index is 1.52. The van der Waals surface area contributed by atoms with Crippen LogP contribution in [0.5, 0.6) is 0 Å². The van der Waals surface area contributed by atoms with E-state index in [0.29, 0.717) is 38.1 Å². The fraction of sp³-hybridized carbons (Fsp3) is 0.414. The van der Waals surface area contributed by atoms with Crippen molar-refractivity contribution in [2.75, 3.05) is 42.7 Å². The van der Waals surface area contributed by atoms with E-state index < -0.39 is 26.6 Å². The van der Waals surface area contributed by atoms with Crippen LogP contribution in [-0.2, 0) is 13.9 Å². The minimum absolute atomic E-state index is 0.199. The number of hydrogen-bond donors (Lipinski definition) is 0. The van der Waals surface area contributed by atoms with Gasteiger partial charge in [-0.3, -0.25) is 4.90 Å². The Morgan fingerprint density at radius 1 is 1.00 bits per heavy atom. The molecule has 2 aliphatic rings. The lowest BCUT2D eigenvalue weighted by atomic mass is 10.2. The fourth-order valence-corrected chi connectivity index (χ4v) is 10.3. The van der Waals surface area contributed by atoms with Gasteiger partial charge in [-0.05, 0) is 22.3 Å². The Labute approximate surface area is 236 Å². The van der Waals surface area contributed by atoms with Gasteiger partial charge < -0.3 is 18.8 Å². The van der Waals surface area contributed by atoms with Crippen molar-refractivity contribution in [2.24, 2.45) is 0 Å². The summed E-state index contributed by atoms with van der Waals surface area (Å²) in [4.78, 5) is 25.9. The average Bonchev–Trinajstić information content (AvgIpc) is 3.22. The Kier molecular flexibility index (Phi) is 7.95. The first kappa shape index (κ1) is 27.6. The van der Waals surface area contributed by atoms with Crippen LogP contribution in [0.4, 0.5) is 16.6 Å². The zero-order valence-corrected chi connectivity index (χ0v) is 24.6. The summed E-state index contributed by atoms with van der Waals surface area (Å²) in [7, 11) is -2.82. The Morgan fingerprint density at radius 3 is 2.15 bits per heavy atom. The molecule has 39 heavy (non-hydrogen) atoms. The van der Waals surface area contributed by atoms with Gasteiger partial charge >= 0.3 is 6.09 Å². The maximum Gasteiger partial charge on any atom is 0.416 e. The van der Waals surface area contributed by atoms with E-state index >= 15 is 0 Å². The minimum atomic E-state index is -2.82. The topological polar surface area (TPSA) is 77.0 Å². The number of benzene rings is 2. The molecule has 0 spiro atoms. The van der Waals surface area contributed by atoms with Gasteiger partial charge in [-0.25, -0.2) is 9.78 Å². The summed E-state index contributed by atoms with van der Waals surface area (Å²) in [5.74, 6) is 0.877. The predicted molar refractivity (Wildman–Crippen MR) is 156 cm³/mol. The second-order valence-electron chi connectivity index (χ2n) is 10.9. The second-order valence-corrected chi connectivity index (χ2v) is 15.6. The van der Waals surface area contributed by atoms with Crippen molar-refractivity contribution in [3.63, 3.8) is 0 Å². The lowest BCUT2D eigenvalue weighted by Gasteiger charge is -2.44. The first-order chi connectivity index (χ1) is 18.7. The van der Waals surface area contributed by atoms with E-state index in [4.69, 9.17) is 30.5 Å². The third-order valence-electron chi connectivity index (χ3n) is 7.45. The van der Waals surface area contributed by atoms with Crippen molar-refractivity contribution in [3.05, 3.63) is 71.9 Å². The van der Waals surface area contributed by atoms with Gasteiger partial charge in [0.05, 0.1) is 19.8 Å². The Morgan fingerprint density at radius 2 is 1.59 bits per heavy atom. The van der Waals surface area contributed by atoms with E-state index in [2.05, 4.69) is 74.3 Å². The van der Waals surface area contributed by atoms with Crippen LogP contribution in [0.3, 0.4) is 0 Å². The van der Waals surface area contributed by atoms with Gasteiger partial charge in [0.25, 0.3) is 8.32 Å². The summed E-state index contributed by atoms with van der Waals surface area (Å²) < 4.78 is 18.3. The van der Waals surface area contributed by atoms with Crippen LogP contribution < -0.4 is 20.2 Å². The number of amides is 1. The lowest BCUT2D eigenvalue weighted by molar-refractivity contribution is 0.122. The third-order valence-corrected chi connectivity index (χ3v) is 12.7. The summed E-state index contributed by atoms with van der Waals surface area (Å²) >= 11 is 6.44. The number of anilines is 2. The fourth-order valence-electron chi connectivity index (χ4n) is 5.51. The number of ether oxygens (including phenoxy) is 2. The van der Waals surface area contributed by atoms with E-state index in [9.17, 15) is 4.79 Å². The molecule has 2 fully saturated rings. The van der Waals surface area contributed by atoms with Crippen molar-refractivity contribution >= 4 is 48.2 Å². The van der Waals surface area contributed by atoms with Gasteiger partial charge in [0.2, 0.25) is 5.95 Å². The first-order valence-corrected chi connectivity index (χ1v) is 15.6.